The second-order valence-electron chi connectivity index (χ2n) is 1.96. The van der Waals surface area contributed by atoms with E-state index in [0.29, 0.717) is 5.56 Å². The lowest BCUT2D eigenvalue weighted by Crippen LogP contribution is -2.06. The van der Waals surface area contributed by atoms with Crippen molar-refractivity contribution in [1.82, 2.24) is 9.97 Å². The number of ether oxygens (including phenoxy) is 1. The first kappa shape index (κ1) is 12.0. The highest BCUT2D eigenvalue weighted by molar-refractivity contribution is 5.85. The van der Waals surface area contributed by atoms with Gasteiger partial charge in [-0.3, -0.25) is 0 Å². The van der Waals surface area contributed by atoms with Gasteiger partial charge in [0.2, 0.25) is 0 Å². The molecular formula is C6H8ClF2N3O. The first-order valence-corrected chi connectivity index (χ1v) is 3.18. The lowest BCUT2D eigenvalue weighted by molar-refractivity contribution is -0.0561. The number of alkyl halides is 2. The number of hydrogen-bond acceptors (Lipinski definition) is 4. The summed E-state index contributed by atoms with van der Waals surface area (Å²) in [6.45, 7) is -2.62. The molecule has 0 aromatic carbocycles. The third-order valence-electron chi connectivity index (χ3n) is 1.11. The van der Waals surface area contributed by atoms with Crippen LogP contribution in [0.5, 0.6) is 6.01 Å². The quantitative estimate of drug-likeness (QED) is 0.809. The maximum atomic E-state index is 11.6. The molecule has 13 heavy (non-hydrogen) atoms. The van der Waals surface area contributed by atoms with E-state index < -0.39 is 6.61 Å². The zero-order valence-electron chi connectivity index (χ0n) is 6.48. The van der Waals surface area contributed by atoms with Crippen molar-refractivity contribution in [2.75, 3.05) is 0 Å². The van der Waals surface area contributed by atoms with Crippen molar-refractivity contribution in [2.45, 2.75) is 13.2 Å². The molecule has 1 aromatic heterocycles. The van der Waals surface area contributed by atoms with E-state index in [1.54, 1.807) is 0 Å². The van der Waals surface area contributed by atoms with Crippen LogP contribution < -0.4 is 10.5 Å². The molecule has 0 aliphatic heterocycles. The molecule has 0 amide bonds. The first-order valence-electron chi connectivity index (χ1n) is 3.18. The molecule has 0 atom stereocenters. The maximum absolute atomic E-state index is 11.6. The number of aromatic nitrogens is 2. The molecular weight excluding hydrogens is 204 g/mol. The molecule has 0 spiro atoms. The summed E-state index contributed by atoms with van der Waals surface area (Å²) < 4.78 is 27.1. The Morgan fingerprint density at radius 2 is 1.92 bits per heavy atom. The molecule has 1 heterocycles. The van der Waals surface area contributed by atoms with Gasteiger partial charge in [0.15, 0.2) is 0 Å². The highest BCUT2D eigenvalue weighted by Gasteiger charge is 2.05. The summed E-state index contributed by atoms with van der Waals surface area (Å²) in [6.07, 6.45) is 2.68. The standard InChI is InChI=1S/C6H7F2N3O.ClH/c7-5(8)12-6-10-2-4(1-9)3-11-6;/h2-3,5H,1,9H2;1H. The van der Waals surface area contributed by atoms with Gasteiger partial charge >= 0.3 is 12.6 Å². The smallest absolute Gasteiger partial charge is 0.389 e. The molecule has 0 saturated heterocycles. The summed E-state index contributed by atoms with van der Waals surface area (Å²) in [4.78, 5) is 6.99. The van der Waals surface area contributed by atoms with Crippen molar-refractivity contribution in [3.8, 4) is 6.01 Å². The Hall–Kier alpha value is -1.01. The van der Waals surface area contributed by atoms with Crippen LogP contribution >= 0.6 is 12.4 Å². The third-order valence-corrected chi connectivity index (χ3v) is 1.11. The van der Waals surface area contributed by atoms with Gasteiger partial charge in [-0.25, -0.2) is 9.97 Å². The molecule has 0 unspecified atom stereocenters. The van der Waals surface area contributed by atoms with Gasteiger partial charge in [0, 0.05) is 24.5 Å². The van der Waals surface area contributed by atoms with Gasteiger partial charge < -0.3 is 10.5 Å². The van der Waals surface area contributed by atoms with Crippen LogP contribution in [0.15, 0.2) is 12.4 Å². The zero-order chi connectivity index (χ0) is 8.97. The van der Waals surface area contributed by atoms with Crippen LogP contribution in [0.2, 0.25) is 0 Å². The Kier molecular flexibility index (Phi) is 5.17. The first-order chi connectivity index (χ1) is 5.72. The fourth-order valence-electron chi connectivity index (χ4n) is 0.589. The Bertz CT molecular complexity index is 244. The molecule has 0 fully saturated rings. The van der Waals surface area contributed by atoms with Crippen LogP contribution in [0.4, 0.5) is 8.78 Å². The molecule has 1 rings (SSSR count). The second-order valence-corrected chi connectivity index (χ2v) is 1.96. The molecule has 0 aliphatic rings. The fraction of sp³-hybridized carbons (Fsp3) is 0.333. The molecule has 7 heteroatoms. The average molecular weight is 212 g/mol. The Labute approximate surface area is 79.5 Å². The number of nitrogens with zero attached hydrogens (tertiary/aromatic N) is 2. The van der Waals surface area contributed by atoms with Crippen LogP contribution in [0.25, 0.3) is 0 Å². The minimum atomic E-state index is -2.89. The lowest BCUT2D eigenvalue weighted by atomic mass is 10.4. The average Bonchev–Trinajstić information content (AvgIpc) is 2.05. The molecule has 0 radical (unpaired) electrons. The third kappa shape index (κ3) is 3.95. The second kappa shape index (κ2) is 5.60. The molecule has 1 aromatic rings. The number of halogens is 3. The predicted octanol–water partition coefficient (Wildman–Crippen LogP) is 0.959. The van der Waals surface area contributed by atoms with Gasteiger partial charge in [0.1, 0.15) is 0 Å². The minimum absolute atomic E-state index is 0. The van der Waals surface area contributed by atoms with E-state index in [2.05, 4.69) is 14.7 Å². The van der Waals surface area contributed by atoms with E-state index in [-0.39, 0.29) is 25.0 Å². The highest BCUT2D eigenvalue weighted by Crippen LogP contribution is 2.05. The van der Waals surface area contributed by atoms with Gasteiger partial charge in [0.05, 0.1) is 0 Å². The van der Waals surface area contributed by atoms with E-state index in [1.807, 2.05) is 0 Å². The van der Waals surface area contributed by atoms with Crippen LogP contribution in [-0.4, -0.2) is 16.6 Å². The SMILES string of the molecule is Cl.NCc1cnc(OC(F)F)nc1. The lowest BCUT2D eigenvalue weighted by Gasteiger charge is -2.01. The molecule has 0 bridgehead atoms. The van der Waals surface area contributed by atoms with E-state index >= 15 is 0 Å². The van der Waals surface area contributed by atoms with Gasteiger partial charge in [-0.15, -0.1) is 12.4 Å². The maximum Gasteiger partial charge on any atom is 0.389 e. The summed E-state index contributed by atoms with van der Waals surface area (Å²) in [5, 5.41) is 0. The molecule has 74 valence electrons. The van der Waals surface area contributed by atoms with Crippen molar-refractivity contribution in [3.63, 3.8) is 0 Å². The van der Waals surface area contributed by atoms with E-state index in [0.717, 1.165) is 0 Å². The predicted molar refractivity (Wildman–Crippen MR) is 43.8 cm³/mol. The molecule has 4 nitrogen and oxygen atoms in total. The van der Waals surface area contributed by atoms with Crippen molar-refractivity contribution in [3.05, 3.63) is 18.0 Å². The highest BCUT2D eigenvalue weighted by atomic mass is 35.5. The van der Waals surface area contributed by atoms with Crippen LogP contribution in [-0.2, 0) is 6.54 Å². The number of hydrogen-bond donors (Lipinski definition) is 1. The van der Waals surface area contributed by atoms with Crippen molar-refractivity contribution in [2.24, 2.45) is 5.73 Å². The van der Waals surface area contributed by atoms with Crippen molar-refractivity contribution in [1.29, 1.82) is 0 Å². The normalized spacial score (nSPS) is 9.54. The van der Waals surface area contributed by atoms with E-state index in [9.17, 15) is 8.78 Å². The summed E-state index contributed by atoms with van der Waals surface area (Å²) in [7, 11) is 0. The summed E-state index contributed by atoms with van der Waals surface area (Å²) in [6, 6.07) is -0.345. The van der Waals surface area contributed by atoms with E-state index in [4.69, 9.17) is 5.73 Å². The summed E-state index contributed by atoms with van der Waals surface area (Å²) >= 11 is 0. The van der Waals surface area contributed by atoms with Crippen LogP contribution in [0, 0.1) is 0 Å². The van der Waals surface area contributed by atoms with Gasteiger partial charge in [-0.1, -0.05) is 0 Å². The number of rotatable bonds is 3. The summed E-state index contributed by atoms with van der Waals surface area (Å²) in [5.41, 5.74) is 5.90. The number of nitrogens with two attached hydrogens (primary N) is 1. The molecule has 0 saturated carbocycles. The largest absolute Gasteiger partial charge is 0.401 e. The Morgan fingerprint density at radius 1 is 1.38 bits per heavy atom. The molecule has 0 aliphatic carbocycles. The zero-order valence-corrected chi connectivity index (χ0v) is 7.30. The molecule has 2 N–H and O–H groups in total. The van der Waals surface area contributed by atoms with Crippen molar-refractivity contribution >= 4 is 12.4 Å². The van der Waals surface area contributed by atoms with Crippen LogP contribution in [0.1, 0.15) is 5.56 Å². The fourth-order valence-corrected chi connectivity index (χ4v) is 0.589. The minimum Gasteiger partial charge on any atom is -0.401 e. The summed E-state index contributed by atoms with van der Waals surface area (Å²) in [5.74, 6) is 0. The van der Waals surface area contributed by atoms with Gasteiger partial charge in [-0.05, 0) is 0 Å². The van der Waals surface area contributed by atoms with Crippen LogP contribution in [0.3, 0.4) is 0 Å². The Balaban J connectivity index is 0.00000144. The van der Waals surface area contributed by atoms with Gasteiger partial charge in [-0.2, -0.15) is 8.78 Å². The Morgan fingerprint density at radius 3 is 2.31 bits per heavy atom. The van der Waals surface area contributed by atoms with Crippen molar-refractivity contribution < 1.29 is 13.5 Å². The van der Waals surface area contributed by atoms with Gasteiger partial charge in [0.25, 0.3) is 0 Å². The topological polar surface area (TPSA) is 61.0 Å². The monoisotopic (exact) mass is 211 g/mol. The van der Waals surface area contributed by atoms with E-state index in [1.165, 1.54) is 12.4 Å².